The number of nitrogens with zero attached hydrogens (tertiary/aromatic N) is 1. The molecule has 0 spiro atoms. The number of aliphatic imine (C=N–C) groups is 1. The molecule has 0 aliphatic carbocycles. The number of allylic oxidation sites excluding steroid dienone is 2. The van der Waals surface area contributed by atoms with Gasteiger partial charge in [-0.15, -0.1) is 0 Å². The minimum atomic E-state index is -0.0330. The quantitative estimate of drug-likeness (QED) is 0.601. The van der Waals surface area contributed by atoms with Crippen molar-refractivity contribution < 1.29 is 0 Å². The fourth-order valence-corrected chi connectivity index (χ4v) is 1.50. The summed E-state index contributed by atoms with van der Waals surface area (Å²) in [5.41, 5.74) is 13.2. The van der Waals surface area contributed by atoms with Crippen LogP contribution >= 0.6 is 0 Å². The predicted octanol–water partition coefficient (Wildman–Crippen LogP) is 2.20. The lowest BCUT2D eigenvalue weighted by Gasteiger charge is -2.19. The number of amidine groups is 1. The zero-order valence-electron chi connectivity index (χ0n) is 10.5. The van der Waals surface area contributed by atoms with E-state index in [2.05, 4.69) is 24.9 Å². The average molecular weight is 209 g/mol. The standard InChI is InChI=1S/C10H17N3.C2H6/c1-7-4-10(2,3)5-8(11)9(12)13-6-7;1-2/h4-5H,6,11H2,1-3H3,(H2,12,13);1-2H3/b7-4?,8-5+;. The van der Waals surface area contributed by atoms with Crippen LogP contribution in [-0.2, 0) is 0 Å². The van der Waals surface area contributed by atoms with E-state index in [9.17, 15) is 0 Å². The number of rotatable bonds is 0. The molecule has 0 fully saturated rings. The van der Waals surface area contributed by atoms with E-state index in [1.807, 2.05) is 26.8 Å². The molecule has 1 rings (SSSR count). The van der Waals surface area contributed by atoms with Crippen LogP contribution in [0.15, 0.2) is 28.4 Å². The molecule has 0 radical (unpaired) electrons. The van der Waals surface area contributed by atoms with E-state index in [-0.39, 0.29) is 5.41 Å². The van der Waals surface area contributed by atoms with Crippen molar-refractivity contribution in [3.05, 3.63) is 23.4 Å². The summed E-state index contributed by atoms with van der Waals surface area (Å²) in [4.78, 5) is 4.14. The second kappa shape index (κ2) is 5.59. The lowest BCUT2D eigenvalue weighted by molar-refractivity contribution is 0.613. The second-order valence-electron chi connectivity index (χ2n) is 4.11. The van der Waals surface area contributed by atoms with Crippen molar-refractivity contribution in [3.8, 4) is 0 Å². The molecule has 86 valence electrons. The Bertz CT molecular complexity index is 296. The summed E-state index contributed by atoms with van der Waals surface area (Å²) in [6.07, 6.45) is 4.10. The van der Waals surface area contributed by atoms with Crippen LogP contribution in [0.5, 0.6) is 0 Å². The summed E-state index contributed by atoms with van der Waals surface area (Å²) in [7, 11) is 0. The van der Waals surface area contributed by atoms with Crippen LogP contribution in [0.25, 0.3) is 0 Å². The lowest BCUT2D eigenvalue weighted by Crippen LogP contribution is -2.25. The van der Waals surface area contributed by atoms with Crippen molar-refractivity contribution in [2.24, 2.45) is 21.9 Å². The average Bonchev–Trinajstić information content (AvgIpc) is 2.14. The Morgan fingerprint density at radius 3 is 2.27 bits per heavy atom. The summed E-state index contributed by atoms with van der Waals surface area (Å²) in [5, 5.41) is 0. The van der Waals surface area contributed by atoms with E-state index in [4.69, 9.17) is 11.5 Å². The topological polar surface area (TPSA) is 64.4 Å². The van der Waals surface area contributed by atoms with Crippen molar-refractivity contribution >= 4 is 5.84 Å². The third kappa shape index (κ3) is 4.68. The molecule has 1 heterocycles. The van der Waals surface area contributed by atoms with Gasteiger partial charge in [-0.2, -0.15) is 0 Å². The zero-order valence-corrected chi connectivity index (χ0v) is 10.5. The van der Waals surface area contributed by atoms with E-state index in [0.717, 1.165) is 0 Å². The van der Waals surface area contributed by atoms with Gasteiger partial charge in [-0.25, -0.2) is 0 Å². The van der Waals surface area contributed by atoms with Crippen LogP contribution in [-0.4, -0.2) is 12.4 Å². The van der Waals surface area contributed by atoms with Crippen molar-refractivity contribution in [2.75, 3.05) is 6.54 Å². The van der Waals surface area contributed by atoms with Crippen LogP contribution < -0.4 is 11.5 Å². The fourth-order valence-electron chi connectivity index (χ4n) is 1.50. The van der Waals surface area contributed by atoms with E-state index < -0.39 is 0 Å². The Hall–Kier alpha value is -1.25. The maximum Gasteiger partial charge on any atom is 0.141 e. The van der Waals surface area contributed by atoms with Gasteiger partial charge in [-0.1, -0.05) is 39.3 Å². The van der Waals surface area contributed by atoms with Gasteiger partial charge in [0.25, 0.3) is 0 Å². The molecule has 3 heteroatoms. The van der Waals surface area contributed by atoms with Crippen LogP contribution in [0.1, 0.15) is 34.6 Å². The first kappa shape index (κ1) is 13.8. The molecule has 0 aromatic heterocycles. The molecule has 0 amide bonds. The molecular weight excluding hydrogens is 186 g/mol. The molecule has 0 bridgehead atoms. The van der Waals surface area contributed by atoms with Crippen molar-refractivity contribution in [1.82, 2.24) is 0 Å². The normalized spacial score (nSPS) is 23.1. The first-order chi connectivity index (χ1) is 6.91. The van der Waals surface area contributed by atoms with Crippen molar-refractivity contribution in [2.45, 2.75) is 34.6 Å². The highest BCUT2D eigenvalue weighted by atomic mass is 14.9. The van der Waals surface area contributed by atoms with Crippen molar-refractivity contribution in [3.63, 3.8) is 0 Å². The van der Waals surface area contributed by atoms with E-state index in [1.165, 1.54) is 5.57 Å². The highest BCUT2D eigenvalue weighted by molar-refractivity contribution is 5.96. The minimum Gasteiger partial charge on any atom is -0.396 e. The van der Waals surface area contributed by atoms with Gasteiger partial charge in [0.15, 0.2) is 0 Å². The van der Waals surface area contributed by atoms with Gasteiger partial charge in [0.2, 0.25) is 0 Å². The maximum absolute atomic E-state index is 5.74. The van der Waals surface area contributed by atoms with Gasteiger partial charge in [0.05, 0.1) is 12.2 Å². The predicted molar refractivity (Wildman–Crippen MR) is 67.6 cm³/mol. The SMILES string of the molecule is CC.CC1=CC(C)(C)/C=C(/N)C(N)=NC1. The van der Waals surface area contributed by atoms with Gasteiger partial charge in [-0.3, -0.25) is 4.99 Å². The molecule has 15 heavy (non-hydrogen) atoms. The maximum atomic E-state index is 5.74. The van der Waals surface area contributed by atoms with Crippen LogP contribution in [0.2, 0.25) is 0 Å². The third-order valence-electron chi connectivity index (χ3n) is 1.94. The molecule has 4 N–H and O–H groups in total. The van der Waals surface area contributed by atoms with Crippen LogP contribution in [0.4, 0.5) is 0 Å². The highest BCUT2D eigenvalue weighted by Gasteiger charge is 2.15. The monoisotopic (exact) mass is 209 g/mol. The first-order valence-electron chi connectivity index (χ1n) is 5.38. The Labute approximate surface area is 92.9 Å². The molecule has 0 aromatic carbocycles. The second-order valence-corrected chi connectivity index (χ2v) is 4.11. The summed E-state index contributed by atoms with van der Waals surface area (Å²) in [6, 6.07) is 0. The van der Waals surface area contributed by atoms with E-state index in [0.29, 0.717) is 18.1 Å². The molecule has 0 unspecified atom stereocenters. The Kier molecular flexibility index (Phi) is 5.12. The zero-order chi connectivity index (χ0) is 12.1. The highest BCUT2D eigenvalue weighted by Crippen LogP contribution is 2.23. The molecule has 3 nitrogen and oxygen atoms in total. The van der Waals surface area contributed by atoms with Gasteiger partial charge in [0, 0.05) is 5.41 Å². The van der Waals surface area contributed by atoms with Crippen LogP contribution in [0.3, 0.4) is 0 Å². The third-order valence-corrected chi connectivity index (χ3v) is 1.94. The molecule has 1 aliphatic heterocycles. The first-order valence-corrected chi connectivity index (χ1v) is 5.38. The van der Waals surface area contributed by atoms with Gasteiger partial charge in [-0.05, 0) is 13.0 Å². The number of hydrogen-bond donors (Lipinski definition) is 2. The lowest BCUT2D eigenvalue weighted by atomic mass is 9.89. The smallest absolute Gasteiger partial charge is 0.141 e. The molecule has 0 atom stereocenters. The van der Waals surface area contributed by atoms with Crippen molar-refractivity contribution in [1.29, 1.82) is 0 Å². The molecule has 0 saturated heterocycles. The van der Waals surface area contributed by atoms with Gasteiger partial charge >= 0.3 is 0 Å². The van der Waals surface area contributed by atoms with Gasteiger partial charge in [0.1, 0.15) is 5.84 Å². The summed E-state index contributed by atoms with van der Waals surface area (Å²) >= 11 is 0. The Morgan fingerprint density at radius 1 is 1.20 bits per heavy atom. The largest absolute Gasteiger partial charge is 0.396 e. The summed E-state index contributed by atoms with van der Waals surface area (Å²) in [5.74, 6) is 0.445. The fraction of sp³-hybridized carbons (Fsp3) is 0.583. The number of nitrogens with two attached hydrogens (primary N) is 2. The minimum absolute atomic E-state index is 0.0330. The van der Waals surface area contributed by atoms with E-state index >= 15 is 0 Å². The van der Waals surface area contributed by atoms with E-state index in [1.54, 1.807) is 0 Å². The molecular formula is C12H23N3. The Balaban J connectivity index is 0.000000921. The summed E-state index contributed by atoms with van der Waals surface area (Å²) < 4.78 is 0. The number of hydrogen-bond acceptors (Lipinski definition) is 3. The summed E-state index contributed by atoms with van der Waals surface area (Å²) in [6.45, 7) is 10.9. The Morgan fingerprint density at radius 2 is 1.73 bits per heavy atom. The van der Waals surface area contributed by atoms with Gasteiger partial charge < -0.3 is 11.5 Å². The molecule has 0 saturated carbocycles. The molecule has 1 aliphatic rings. The van der Waals surface area contributed by atoms with Crippen LogP contribution in [0, 0.1) is 5.41 Å². The molecule has 0 aromatic rings.